The quantitative estimate of drug-likeness (QED) is 0.620. The van der Waals surface area contributed by atoms with Crippen LogP contribution in [-0.2, 0) is 22.6 Å². The van der Waals surface area contributed by atoms with E-state index in [-0.39, 0.29) is 12.5 Å². The zero-order valence-corrected chi connectivity index (χ0v) is 11.4. The average molecular weight is 269 g/mol. The molecule has 1 N–H and O–H groups in total. The van der Waals surface area contributed by atoms with Crippen molar-refractivity contribution in [1.82, 2.24) is 5.32 Å². The zero-order chi connectivity index (χ0) is 14.0. The summed E-state index contributed by atoms with van der Waals surface area (Å²) in [6, 6.07) is 19.9. The first-order valence-electron chi connectivity index (χ1n) is 6.79. The Morgan fingerprint density at radius 1 is 0.900 bits per heavy atom. The van der Waals surface area contributed by atoms with Gasteiger partial charge in [-0.15, -0.1) is 0 Å². The van der Waals surface area contributed by atoms with Gasteiger partial charge in [0.05, 0.1) is 6.54 Å². The van der Waals surface area contributed by atoms with E-state index in [1.165, 1.54) is 5.56 Å². The summed E-state index contributed by atoms with van der Waals surface area (Å²) < 4.78 is 5.18. The highest BCUT2D eigenvalue weighted by Gasteiger charge is 2.02. The largest absolute Gasteiger partial charge is 0.460 e. The molecule has 2 rings (SSSR count). The summed E-state index contributed by atoms with van der Waals surface area (Å²) in [7, 11) is 0. The lowest BCUT2D eigenvalue weighted by atomic mass is 10.1. The predicted molar refractivity (Wildman–Crippen MR) is 79.3 cm³/mol. The van der Waals surface area contributed by atoms with E-state index < -0.39 is 0 Å². The molecule has 2 aromatic carbocycles. The molecule has 0 aromatic heterocycles. The highest BCUT2D eigenvalue weighted by molar-refractivity contribution is 5.71. The van der Waals surface area contributed by atoms with Gasteiger partial charge >= 0.3 is 5.97 Å². The van der Waals surface area contributed by atoms with Crippen molar-refractivity contribution in [2.75, 3.05) is 13.1 Å². The van der Waals surface area contributed by atoms with Crippen molar-refractivity contribution in [2.24, 2.45) is 0 Å². The predicted octanol–water partition coefficient (Wildman–Crippen LogP) is 2.56. The first-order chi connectivity index (χ1) is 9.84. The fourth-order valence-corrected chi connectivity index (χ4v) is 1.86. The number of nitrogens with one attached hydrogen (secondary N) is 1. The monoisotopic (exact) mass is 269 g/mol. The molecule has 0 saturated carbocycles. The molecule has 0 unspecified atom stereocenters. The minimum absolute atomic E-state index is 0.220. The summed E-state index contributed by atoms with van der Waals surface area (Å²) in [5, 5.41) is 3.10. The third-order valence-corrected chi connectivity index (χ3v) is 2.95. The van der Waals surface area contributed by atoms with Gasteiger partial charge in [-0.05, 0) is 24.1 Å². The SMILES string of the molecule is O=C(CNCCc1ccccc1)OCc1ccccc1. The summed E-state index contributed by atoms with van der Waals surface area (Å²) in [5.74, 6) is -0.220. The number of carbonyl (C=O) groups is 1. The molecular formula is C17H19NO2. The maximum Gasteiger partial charge on any atom is 0.320 e. The van der Waals surface area contributed by atoms with Gasteiger partial charge in [0, 0.05) is 0 Å². The number of carbonyl (C=O) groups excluding carboxylic acids is 1. The molecule has 104 valence electrons. The molecule has 0 fully saturated rings. The second-order valence-corrected chi connectivity index (χ2v) is 4.56. The van der Waals surface area contributed by atoms with Gasteiger partial charge in [-0.25, -0.2) is 0 Å². The average Bonchev–Trinajstić information content (AvgIpc) is 2.52. The van der Waals surface area contributed by atoms with E-state index in [4.69, 9.17) is 4.74 Å². The van der Waals surface area contributed by atoms with Crippen LogP contribution in [0.4, 0.5) is 0 Å². The molecule has 0 atom stereocenters. The molecule has 0 aliphatic heterocycles. The third-order valence-electron chi connectivity index (χ3n) is 2.95. The Morgan fingerprint density at radius 2 is 1.50 bits per heavy atom. The van der Waals surface area contributed by atoms with E-state index in [2.05, 4.69) is 17.4 Å². The molecule has 20 heavy (non-hydrogen) atoms. The lowest BCUT2D eigenvalue weighted by Gasteiger charge is -2.06. The molecule has 3 heteroatoms. The van der Waals surface area contributed by atoms with E-state index >= 15 is 0 Å². The van der Waals surface area contributed by atoms with Crippen LogP contribution in [0.5, 0.6) is 0 Å². The molecule has 0 amide bonds. The molecule has 3 nitrogen and oxygen atoms in total. The van der Waals surface area contributed by atoms with Crippen molar-refractivity contribution in [3.63, 3.8) is 0 Å². The third kappa shape index (κ3) is 5.24. The minimum Gasteiger partial charge on any atom is -0.460 e. The highest BCUT2D eigenvalue weighted by Crippen LogP contribution is 2.00. The van der Waals surface area contributed by atoms with Crippen molar-refractivity contribution in [2.45, 2.75) is 13.0 Å². The van der Waals surface area contributed by atoms with Crippen LogP contribution in [0.15, 0.2) is 60.7 Å². The van der Waals surface area contributed by atoms with Gasteiger partial charge in [-0.2, -0.15) is 0 Å². The summed E-state index contributed by atoms with van der Waals surface area (Å²) in [6.07, 6.45) is 0.910. The van der Waals surface area contributed by atoms with E-state index in [1.807, 2.05) is 48.5 Å². The van der Waals surface area contributed by atoms with Crippen molar-refractivity contribution in [3.8, 4) is 0 Å². The lowest BCUT2D eigenvalue weighted by Crippen LogP contribution is -2.26. The van der Waals surface area contributed by atoms with Crippen LogP contribution in [0.25, 0.3) is 0 Å². The zero-order valence-electron chi connectivity index (χ0n) is 11.4. The van der Waals surface area contributed by atoms with Crippen LogP contribution in [0.3, 0.4) is 0 Å². The molecule has 0 aliphatic carbocycles. The van der Waals surface area contributed by atoms with Crippen LogP contribution >= 0.6 is 0 Å². The Morgan fingerprint density at radius 3 is 2.15 bits per heavy atom. The molecular weight excluding hydrogens is 250 g/mol. The standard InChI is InChI=1S/C17H19NO2/c19-17(20-14-16-9-5-2-6-10-16)13-18-12-11-15-7-3-1-4-8-15/h1-10,18H,11-14H2. The van der Waals surface area contributed by atoms with Crippen LogP contribution in [0.1, 0.15) is 11.1 Å². The summed E-state index contributed by atoms with van der Waals surface area (Å²) in [6.45, 7) is 1.35. The van der Waals surface area contributed by atoms with Crippen LogP contribution in [0.2, 0.25) is 0 Å². The lowest BCUT2D eigenvalue weighted by molar-refractivity contribution is -0.143. The molecule has 0 saturated heterocycles. The molecule has 0 aliphatic rings. The van der Waals surface area contributed by atoms with Gasteiger partial charge in [0.15, 0.2) is 0 Å². The van der Waals surface area contributed by atoms with Crippen molar-refractivity contribution < 1.29 is 9.53 Å². The van der Waals surface area contributed by atoms with Crippen LogP contribution in [0, 0.1) is 0 Å². The topological polar surface area (TPSA) is 38.3 Å². The number of rotatable bonds is 7. The van der Waals surface area contributed by atoms with E-state index in [0.717, 1.165) is 18.5 Å². The second-order valence-electron chi connectivity index (χ2n) is 4.56. The maximum absolute atomic E-state index is 11.5. The molecule has 0 radical (unpaired) electrons. The fraction of sp³-hybridized carbons (Fsp3) is 0.235. The second kappa shape index (κ2) is 8.12. The first kappa shape index (κ1) is 14.3. The summed E-state index contributed by atoms with van der Waals surface area (Å²) in [5.41, 5.74) is 2.27. The fourth-order valence-electron chi connectivity index (χ4n) is 1.86. The number of esters is 1. The van der Waals surface area contributed by atoms with Gasteiger partial charge in [0.1, 0.15) is 6.61 Å². The molecule has 0 heterocycles. The van der Waals surface area contributed by atoms with Crippen molar-refractivity contribution >= 4 is 5.97 Å². The van der Waals surface area contributed by atoms with Gasteiger partial charge in [0.2, 0.25) is 0 Å². The highest BCUT2D eigenvalue weighted by atomic mass is 16.5. The van der Waals surface area contributed by atoms with Gasteiger partial charge < -0.3 is 10.1 Å². The number of benzene rings is 2. The molecule has 2 aromatic rings. The van der Waals surface area contributed by atoms with E-state index in [9.17, 15) is 4.79 Å². The normalized spacial score (nSPS) is 10.2. The molecule has 0 spiro atoms. The van der Waals surface area contributed by atoms with E-state index in [0.29, 0.717) is 6.61 Å². The Hall–Kier alpha value is -2.13. The minimum atomic E-state index is -0.220. The van der Waals surface area contributed by atoms with Crippen molar-refractivity contribution in [3.05, 3.63) is 71.8 Å². The Balaban J connectivity index is 1.59. The number of hydrogen-bond donors (Lipinski definition) is 1. The Labute approximate surface area is 119 Å². The van der Waals surface area contributed by atoms with E-state index in [1.54, 1.807) is 0 Å². The van der Waals surface area contributed by atoms with Crippen LogP contribution < -0.4 is 5.32 Å². The van der Waals surface area contributed by atoms with Gasteiger partial charge in [0.25, 0.3) is 0 Å². The summed E-state index contributed by atoms with van der Waals surface area (Å²) >= 11 is 0. The van der Waals surface area contributed by atoms with Gasteiger partial charge in [-0.3, -0.25) is 4.79 Å². The molecule has 0 bridgehead atoms. The maximum atomic E-state index is 11.5. The van der Waals surface area contributed by atoms with Gasteiger partial charge in [-0.1, -0.05) is 60.7 Å². The smallest absolute Gasteiger partial charge is 0.320 e. The number of hydrogen-bond acceptors (Lipinski definition) is 3. The van der Waals surface area contributed by atoms with Crippen molar-refractivity contribution in [1.29, 1.82) is 0 Å². The summed E-state index contributed by atoms with van der Waals surface area (Å²) in [4.78, 5) is 11.5. The first-order valence-corrected chi connectivity index (χ1v) is 6.79. The Bertz CT molecular complexity index is 511. The Kier molecular flexibility index (Phi) is 5.80. The van der Waals surface area contributed by atoms with Crippen LogP contribution in [-0.4, -0.2) is 19.1 Å². The number of ether oxygens (including phenoxy) is 1.